The summed E-state index contributed by atoms with van der Waals surface area (Å²) in [6, 6.07) is 0. The van der Waals surface area contributed by atoms with E-state index in [0.717, 1.165) is 0 Å². The summed E-state index contributed by atoms with van der Waals surface area (Å²) < 4.78 is 0. The van der Waals surface area contributed by atoms with E-state index in [-0.39, 0.29) is 18.2 Å². The summed E-state index contributed by atoms with van der Waals surface area (Å²) in [5, 5.41) is 11.1. The van der Waals surface area contributed by atoms with Crippen LogP contribution in [0.25, 0.3) is 0 Å². The molecular formula is C5H14ClN3O. The van der Waals surface area contributed by atoms with Crippen molar-refractivity contribution in [3.8, 4) is 0 Å². The first-order valence-corrected chi connectivity index (χ1v) is 2.72. The molecule has 0 aromatic carbocycles. The number of oxime groups is 1. The lowest BCUT2D eigenvalue weighted by molar-refractivity contribution is 0.308. The van der Waals surface area contributed by atoms with Crippen LogP contribution in [0.1, 0.15) is 13.8 Å². The Labute approximate surface area is 66.7 Å². The SMILES string of the molecule is CC(C)(CN)/C(N)=N/O.Cl. The number of rotatable bonds is 2. The van der Waals surface area contributed by atoms with Gasteiger partial charge in [0.15, 0.2) is 0 Å². The van der Waals surface area contributed by atoms with Gasteiger partial charge in [-0.1, -0.05) is 19.0 Å². The van der Waals surface area contributed by atoms with Gasteiger partial charge in [0, 0.05) is 12.0 Å². The second-order valence-corrected chi connectivity index (χ2v) is 2.57. The molecule has 0 atom stereocenters. The van der Waals surface area contributed by atoms with Crippen LogP contribution in [0.15, 0.2) is 5.16 Å². The highest BCUT2D eigenvalue weighted by Gasteiger charge is 2.20. The van der Waals surface area contributed by atoms with Crippen molar-refractivity contribution >= 4 is 18.2 Å². The lowest BCUT2D eigenvalue weighted by Crippen LogP contribution is -2.38. The Morgan fingerprint density at radius 1 is 1.60 bits per heavy atom. The van der Waals surface area contributed by atoms with E-state index in [1.807, 2.05) is 13.8 Å². The van der Waals surface area contributed by atoms with Gasteiger partial charge in [-0.3, -0.25) is 0 Å². The maximum absolute atomic E-state index is 8.21. The molecule has 0 fully saturated rings. The molecule has 0 bridgehead atoms. The number of nitrogens with zero attached hydrogens (tertiary/aromatic N) is 1. The van der Waals surface area contributed by atoms with E-state index in [2.05, 4.69) is 5.16 Å². The lowest BCUT2D eigenvalue weighted by atomic mass is 9.93. The monoisotopic (exact) mass is 167 g/mol. The fraction of sp³-hybridized carbons (Fsp3) is 0.800. The molecule has 0 saturated heterocycles. The first-order chi connectivity index (χ1) is 4.04. The Morgan fingerprint density at radius 2 is 2.00 bits per heavy atom. The molecule has 0 saturated carbocycles. The summed E-state index contributed by atoms with van der Waals surface area (Å²) in [5.74, 6) is 0.171. The highest BCUT2D eigenvalue weighted by molar-refractivity contribution is 5.85. The van der Waals surface area contributed by atoms with Crippen LogP contribution in [-0.4, -0.2) is 17.6 Å². The van der Waals surface area contributed by atoms with Gasteiger partial charge < -0.3 is 16.7 Å². The summed E-state index contributed by atoms with van der Waals surface area (Å²) in [4.78, 5) is 0. The molecule has 0 aromatic heterocycles. The topological polar surface area (TPSA) is 84.6 Å². The molecule has 0 unspecified atom stereocenters. The standard InChI is InChI=1S/C5H13N3O.ClH/c1-5(2,3-6)4(7)8-9;/h9H,3,6H2,1-2H3,(H2,7,8);1H. The third-order valence-corrected chi connectivity index (χ3v) is 1.31. The predicted octanol–water partition coefficient (Wildman–Crippen LogP) is 0.140. The molecule has 0 heterocycles. The van der Waals surface area contributed by atoms with Gasteiger partial charge in [0.1, 0.15) is 5.84 Å². The van der Waals surface area contributed by atoms with E-state index in [0.29, 0.717) is 6.54 Å². The second kappa shape index (κ2) is 4.35. The maximum atomic E-state index is 8.21. The van der Waals surface area contributed by atoms with Crippen molar-refractivity contribution in [1.82, 2.24) is 0 Å². The summed E-state index contributed by atoms with van der Waals surface area (Å²) in [7, 11) is 0. The Bertz CT molecular complexity index is 124. The molecule has 4 nitrogen and oxygen atoms in total. The molecule has 0 amide bonds. The van der Waals surface area contributed by atoms with Gasteiger partial charge in [-0.05, 0) is 0 Å². The van der Waals surface area contributed by atoms with Crippen LogP contribution in [-0.2, 0) is 0 Å². The molecule has 0 aliphatic heterocycles. The van der Waals surface area contributed by atoms with Gasteiger partial charge in [0.05, 0.1) is 0 Å². The van der Waals surface area contributed by atoms with Crippen molar-refractivity contribution in [2.24, 2.45) is 22.0 Å². The third-order valence-electron chi connectivity index (χ3n) is 1.31. The van der Waals surface area contributed by atoms with Crippen molar-refractivity contribution in [3.05, 3.63) is 0 Å². The fourth-order valence-electron chi connectivity index (χ4n) is 0.240. The van der Waals surface area contributed by atoms with Crippen molar-refractivity contribution < 1.29 is 5.21 Å². The van der Waals surface area contributed by atoms with E-state index in [9.17, 15) is 0 Å². The van der Waals surface area contributed by atoms with Crippen LogP contribution in [0.5, 0.6) is 0 Å². The van der Waals surface area contributed by atoms with Gasteiger partial charge in [0.25, 0.3) is 0 Å². The number of halogens is 1. The first kappa shape index (κ1) is 12.2. The van der Waals surface area contributed by atoms with Crippen LogP contribution in [0, 0.1) is 5.41 Å². The van der Waals surface area contributed by atoms with Gasteiger partial charge in [0.2, 0.25) is 0 Å². The molecule has 5 N–H and O–H groups in total. The van der Waals surface area contributed by atoms with E-state index in [1.165, 1.54) is 0 Å². The number of amidine groups is 1. The third kappa shape index (κ3) is 2.89. The average molecular weight is 168 g/mol. The maximum Gasteiger partial charge on any atom is 0.146 e. The van der Waals surface area contributed by atoms with Gasteiger partial charge in [-0.15, -0.1) is 12.4 Å². The van der Waals surface area contributed by atoms with Crippen molar-refractivity contribution in [1.29, 1.82) is 0 Å². The van der Waals surface area contributed by atoms with Crippen LogP contribution in [0.2, 0.25) is 0 Å². The summed E-state index contributed by atoms with van der Waals surface area (Å²) in [6.07, 6.45) is 0. The van der Waals surface area contributed by atoms with Gasteiger partial charge in [-0.2, -0.15) is 0 Å². The number of hydrogen-bond acceptors (Lipinski definition) is 3. The van der Waals surface area contributed by atoms with E-state index in [4.69, 9.17) is 16.7 Å². The van der Waals surface area contributed by atoms with Crippen LogP contribution < -0.4 is 11.5 Å². The summed E-state index contributed by atoms with van der Waals surface area (Å²) >= 11 is 0. The Kier molecular flexibility index (Phi) is 5.32. The van der Waals surface area contributed by atoms with E-state index in [1.54, 1.807) is 0 Å². The molecule has 0 radical (unpaired) electrons. The Balaban J connectivity index is 0. The zero-order valence-electron chi connectivity index (χ0n) is 6.16. The smallest absolute Gasteiger partial charge is 0.146 e. The fourth-order valence-corrected chi connectivity index (χ4v) is 0.240. The molecule has 0 aliphatic rings. The second-order valence-electron chi connectivity index (χ2n) is 2.57. The quantitative estimate of drug-likeness (QED) is 0.237. The highest BCUT2D eigenvalue weighted by atomic mass is 35.5. The lowest BCUT2D eigenvalue weighted by Gasteiger charge is -2.19. The van der Waals surface area contributed by atoms with Crippen LogP contribution in [0.4, 0.5) is 0 Å². The Morgan fingerprint density at radius 3 is 2.10 bits per heavy atom. The normalized spacial score (nSPS) is 12.5. The van der Waals surface area contributed by atoms with Crippen molar-refractivity contribution in [3.63, 3.8) is 0 Å². The highest BCUT2D eigenvalue weighted by Crippen LogP contribution is 2.11. The predicted molar refractivity (Wildman–Crippen MR) is 43.5 cm³/mol. The largest absolute Gasteiger partial charge is 0.409 e. The van der Waals surface area contributed by atoms with Gasteiger partial charge in [-0.25, -0.2) is 0 Å². The molecule has 62 valence electrons. The Hall–Kier alpha value is -0.480. The summed E-state index contributed by atoms with van der Waals surface area (Å²) in [5.41, 5.74) is 10.2. The zero-order chi connectivity index (χ0) is 7.49. The zero-order valence-corrected chi connectivity index (χ0v) is 6.98. The van der Waals surface area contributed by atoms with Crippen molar-refractivity contribution in [2.75, 3.05) is 6.54 Å². The van der Waals surface area contributed by atoms with Crippen LogP contribution in [0.3, 0.4) is 0 Å². The molecule has 10 heavy (non-hydrogen) atoms. The van der Waals surface area contributed by atoms with Gasteiger partial charge >= 0.3 is 0 Å². The minimum absolute atomic E-state index is 0. The van der Waals surface area contributed by atoms with Crippen LogP contribution >= 0.6 is 12.4 Å². The van der Waals surface area contributed by atoms with E-state index < -0.39 is 5.41 Å². The minimum Gasteiger partial charge on any atom is -0.409 e. The molecular weight excluding hydrogens is 154 g/mol. The molecule has 0 aliphatic carbocycles. The number of hydrogen-bond donors (Lipinski definition) is 3. The van der Waals surface area contributed by atoms with Crippen molar-refractivity contribution in [2.45, 2.75) is 13.8 Å². The molecule has 0 rings (SSSR count). The number of nitrogens with two attached hydrogens (primary N) is 2. The van der Waals surface area contributed by atoms with E-state index >= 15 is 0 Å². The molecule has 0 spiro atoms. The molecule has 0 aromatic rings. The first-order valence-electron chi connectivity index (χ1n) is 2.72. The molecule has 5 heteroatoms. The average Bonchev–Trinajstić information content (AvgIpc) is 1.86. The minimum atomic E-state index is -0.394. The summed E-state index contributed by atoms with van der Waals surface area (Å²) in [6.45, 7) is 3.99.